The Hall–Kier alpha value is -2.66. The average molecular weight is 380 g/mol. The lowest BCUT2D eigenvalue weighted by molar-refractivity contribution is -0.122. The van der Waals surface area contributed by atoms with Crippen molar-refractivity contribution >= 4 is 17.5 Å². The van der Waals surface area contributed by atoms with Gasteiger partial charge < -0.3 is 16.4 Å². The van der Waals surface area contributed by atoms with Crippen molar-refractivity contribution in [3.8, 4) is 0 Å². The van der Waals surface area contributed by atoms with Gasteiger partial charge in [0.05, 0.1) is 5.92 Å². The van der Waals surface area contributed by atoms with Crippen LogP contribution in [0.1, 0.15) is 48.5 Å². The van der Waals surface area contributed by atoms with Gasteiger partial charge in [0.15, 0.2) is 0 Å². The lowest BCUT2D eigenvalue weighted by Crippen LogP contribution is -2.51. The van der Waals surface area contributed by atoms with Crippen LogP contribution in [0.15, 0.2) is 54.6 Å². The third-order valence-corrected chi connectivity index (χ3v) is 5.53. The first-order valence-corrected chi connectivity index (χ1v) is 9.98. The molecule has 2 amide bonds. The van der Waals surface area contributed by atoms with Crippen molar-refractivity contribution in [2.45, 2.75) is 44.6 Å². The Morgan fingerprint density at radius 1 is 1.07 bits per heavy atom. The third kappa shape index (κ3) is 5.20. The molecule has 4 N–H and O–H groups in total. The van der Waals surface area contributed by atoms with E-state index in [1.807, 2.05) is 37.3 Å². The van der Waals surface area contributed by atoms with Crippen molar-refractivity contribution in [2.24, 2.45) is 11.7 Å². The average Bonchev–Trinajstić information content (AvgIpc) is 2.69. The summed E-state index contributed by atoms with van der Waals surface area (Å²) in [5.41, 5.74) is 8.31. The SMILES string of the molecule is CC1(N)CCCCC1C(=O)Nc1ccc(C(=O)NCCc2ccccc2)cc1. The van der Waals surface area contributed by atoms with Gasteiger partial charge in [0, 0.05) is 23.3 Å². The first-order valence-electron chi connectivity index (χ1n) is 9.98. The molecule has 2 aromatic carbocycles. The summed E-state index contributed by atoms with van der Waals surface area (Å²) >= 11 is 0. The van der Waals surface area contributed by atoms with Gasteiger partial charge in [0.1, 0.15) is 0 Å². The Kier molecular flexibility index (Phi) is 6.47. The van der Waals surface area contributed by atoms with Crippen LogP contribution in [-0.2, 0) is 11.2 Å². The summed E-state index contributed by atoms with van der Waals surface area (Å²) in [6.07, 6.45) is 4.59. The van der Waals surface area contributed by atoms with Crippen LogP contribution in [0.25, 0.3) is 0 Å². The van der Waals surface area contributed by atoms with Gasteiger partial charge in [-0.3, -0.25) is 9.59 Å². The van der Waals surface area contributed by atoms with E-state index in [0.29, 0.717) is 17.8 Å². The van der Waals surface area contributed by atoms with E-state index in [9.17, 15) is 9.59 Å². The summed E-state index contributed by atoms with van der Waals surface area (Å²) < 4.78 is 0. The molecule has 0 radical (unpaired) electrons. The predicted octanol–water partition coefficient (Wildman–Crippen LogP) is 3.51. The number of amides is 2. The van der Waals surface area contributed by atoms with Crippen LogP contribution < -0.4 is 16.4 Å². The van der Waals surface area contributed by atoms with Gasteiger partial charge in [-0.15, -0.1) is 0 Å². The second kappa shape index (κ2) is 9.02. The zero-order chi connectivity index (χ0) is 20.0. The molecule has 0 saturated heterocycles. The molecule has 5 heteroatoms. The van der Waals surface area contributed by atoms with Crippen LogP contribution >= 0.6 is 0 Å². The van der Waals surface area contributed by atoms with E-state index in [4.69, 9.17) is 5.73 Å². The molecule has 2 aromatic rings. The van der Waals surface area contributed by atoms with Crippen LogP contribution in [-0.4, -0.2) is 23.9 Å². The molecule has 1 aliphatic rings. The number of hydrogen-bond donors (Lipinski definition) is 3. The zero-order valence-corrected chi connectivity index (χ0v) is 16.4. The number of nitrogens with two attached hydrogens (primary N) is 1. The summed E-state index contributed by atoms with van der Waals surface area (Å²) in [5.74, 6) is -0.331. The van der Waals surface area contributed by atoms with E-state index in [-0.39, 0.29) is 17.7 Å². The topological polar surface area (TPSA) is 84.2 Å². The van der Waals surface area contributed by atoms with Gasteiger partial charge in [-0.25, -0.2) is 0 Å². The third-order valence-electron chi connectivity index (χ3n) is 5.53. The van der Waals surface area contributed by atoms with E-state index in [1.165, 1.54) is 5.56 Å². The minimum atomic E-state index is -0.457. The van der Waals surface area contributed by atoms with Gasteiger partial charge in [-0.05, 0) is 56.0 Å². The van der Waals surface area contributed by atoms with Crippen molar-refractivity contribution in [1.29, 1.82) is 0 Å². The molecule has 1 aliphatic carbocycles. The summed E-state index contributed by atoms with van der Waals surface area (Å²) in [5, 5.41) is 5.87. The first kappa shape index (κ1) is 20.1. The Morgan fingerprint density at radius 3 is 2.46 bits per heavy atom. The monoisotopic (exact) mass is 379 g/mol. The second-order valence-corrected chi connectivity index (χ2v) is 7.86. The van der Waals surface area contributed by atoms with Crippen molar-refractivity contribution in [3.63, 3.8) is 0 Å². The maximum absolute atomic E-state index is 12.6. The van der Waals surface area contributed by atoms with E-state index in [2.05, 4.69) is 10.6 Å². The molecule has 148 valence electrons. The summed E-state index contributed by atoms with van der Waals surface area (Å²) in [6.45, 7) is 2.54. The summed E-state index contributed by atoms with van der Waals surface area (Å²) in [6, 6.07) is 17.0. The van der Waals surface area contributed by atoms with E-state index in [0.717, 1.165) is 32.1 Å². The Labute approximate surface area is 166 Å². The fraction of sp³-hybridized carbons (Fsp3) is 0.391. The number of anilines is 1. The van der Waals surface area contributed by atoms with Crippen LogP contribution in [0.2, 0.25) is 0 Å². The normalized spacial score (nSPS) is 21.7. The smallest absolute Gasteiger partial charge is 0.251 e. The lowest BCUT2D eigenvalue weighted by atomic mass is 9.74. The van der Waals surface area contributed by atoms with Gasteiger partial charge in [-0.1, -0.05) is 43.2 Å². The van der Waals surface area contributed by atoms with Gasteiger partial charge in [0.25, 0.3) is 5.91 Å². The largest absolute Gasteiger partial charge is 0.352 e. The number of hydrogen-bond acceptors (Lipinski definition) is 3. The first-order chi connectivity index (χ1) is 13.5. The highest BCUT2D eigenvalue weighted by atomic mass is 16.2. The quantitative estimate of drug-likeness (QED) is 0.718. The minimum Gasteiger partial charge on any atom is -0.352 e. The molecule has 1 fully saturated rings. The van der Waals surface area contributed by atoms with E-state index in [1.54, 1.807) is 24.3 Å². The number of benzene rings is 2. The van der Waals surface area contributed by atoms with Gasteiger partial charge >= 0.3 is 0 Å². The molecule has 0 spiro atoms. The number of carbonyl (C=O) groups is 2. The maximum Gasteiger partial charge on any atom is 0.251 e. The molecule has 0 bridgehead atoms. The maximum atomic E-state index is 12.6. The highest BCUT2D eigenvalue weighted by molar-refractivity contribution is 5.96. The summed E-state index contributed by atoms with van der Waals surface area (Å²) in [4.78, 5) is 24.9. The molecule has 3 rings (SSSR count). The molecule has 5 nitrogen and oxygen atoms in total. The molecule has 0 heterocycles. The fourth-order valence-electron chi connectivity index (χ4n) is 3.79. The molecule has 0 aliphatic heterocycles. The zero-order valence-electron chi connectivity index (χ0n) is 16.4. The standard InChI is InChI=1S/C23H29N3O2/c1-23(24)15-6-5-9-20(23)22(28)26-19-12-10-18(11-13-19)21(27)25-16-14-17-7-3-2-4-8-17/h2-4,7-8,10-13,20H,5-6,9,14-16,24H2,1H3,(H,25,27)(H,26,28). The van der Waals surface area contributed by atoms with Crippen molar-refractivity contribution in [2.75, 3.05) is 11.9 Å². The predicted molar refractivity (Wildman–Crippen MR) is 112 cm³/mol. The highest BCUT2D eigenvalue weighted by Crippen LogP contribution is 2.32. The summed E-state index contributed by atoms with van der Waals surface area (Å²) in [7, 11) is 0. The Bertz CT molecular complexity index is 800. The molecular formula is C23H29N3O2. The number of nitrogens with one attached hydrogen (secondary N) is 2. The number of rotatable bonds is 6. The van der Waals surface area contributed by atoms with Gasteiger partial charge in [0.2, 0.25) is 5.91 Å². The minimum absolute atomic E-state index is 0.0373. The molecule has 1 saturated carbocycles. The molecule has 2 atom stereocenters. The molecule has 0 aromatic heterocycles. The number of carbonyl (C=O) groups excluding carboxylic acids is 2. The Balaban J connectivity index is 1.51. The molecule has 2 unspecified atom stereocenters. The highest BCUT2D eigenvalue weighted by Gasteiger charge is 2.37. The van der Waals surface area contributed by atoms with Crippen LogP contribution in [0.5, 0.6) is 0 Å². The lowest BCUT2D eigenvalue weighted by Gasteiger charge is -2.37. The van der Waals surface area contributed by atoms with Crippen molar-refractivity contribution < 1.29 is 9.59 Å². The van der Waals surface area contributed by atoms with Crippen molar-refractivity contribution in [3.05, 3.63) is 65.7 Å². The van der Waals surface area contributed by atoms with Gasteiger partial charge in [-0.2, -0.15) is 0 Å². The molecular weight excluding hydrogens is 350 g/mol. The van der Waals surface area contributed by atoms with Crippen LogP contribution in [0, 0.1) is 5.92 Å². The second-order valence-electron chi connectivity index (χ2n) is 7.86. The van der Waals surface area contributed by atoms with Crippen LogP contribution in [0.4, 0.5) is 5.69 Å². The van der Waals surface area contributed by atoms with E-state index < -0.39 is 5.54 Å². The van der Waals surface area contributed by atoms with E-state index >= 15 is 0 Å². The Morgan fingerprint density at radius 2 is 1.79 bits per heavy atom. The van der Waals surface area contributed by atoms with Crippen LogP contribution in [0.3, 0.4) is 0 Å². The fourth-order valence-corrected chi connectivity index (χ4v) is 3.79. The molecule has 28 heavy (non-hydrogen) atoms. The van der Waals surface area contributed by atoms with Crippen molar-refractivity contribution in [1.82, 2.24) is 5.32 Å².